The minimum Gasteiger partial charge on any atom is -0.444 e. The molecule has 7 heteroatoms. The lowest BCUT2D eigenvalue weighted by Gasteiger charge is -2.25. The summed E-state index contributed by atoms with van der Waals surface area (Å²) in [5, 5.41) is 9.49. The largest absolute Gasteiger partial charge is 0.444 e. The molecule has 0 saturated heterocycles. The Morgan fingerprint density at radius 2 is 1.85 bits per heavy atom. The Labute approximate surface area is 159 Å². The van der Waals surface area contributed by atoms with Crippen LogP contribution in [0.4, 0.5) is 4.79 Å². The Kier molecular flexibility index (Phi) is 6.60. The number of carbonyl (C=O) groups excluding carboxylic acids is 2. The maximum Gasteiger partial charge on any atom is 0.407 e. The zero-order valence-electron chi connectivity index (χ0n) is 16.4. The molecule has 2 N–H and O–H groups in total. The van der Waals surface area contributed by atoms with Crippen molar-refractivity contribution in [1.29, 1.82) is 0 Å². The molecule has 0 saturated carbocycles. The lowest BCUT2D eigenvalue weighted by atomic mass is 10.0. The zero-order chi connectivity index (χ0) is 20.0. The molecule has 2 rings (SSSR count). The second kappa shape index (κ2) is 8.70. The van der Waals surface area contributed by atoms with E-state index in [1.807, 2.05) is 44.2 Å². The van der Waals surface area contributed by atoms with Gasteiger partial charge in [-0.05, 0) is 26.7 Å². The topological polar surface area (TPSA) is 93.5 Å². The fourth-order valence-electron chi connectivity index (χ4n) is 2.33. The molecule has 0 spiro atoms. The van der Waals surface area contributed by atoms with E-state index in [0.717, 1.165) is 5.56 Å². The number of amides is 2. The average molecular weight is 373 g/mol. The highest BCUT2D eigenvalue weighted by molar-refractivity contribution is 5.92. The summed E-state index contributed by atoms with van der Waals surface area (Å²) in [6, 6.07) is 10.8. The summed E-state index contributed by atoms with van der Waals surface area (Å²) in [6.45, 7) is 9.55. The molecule has 0 aliphatic carbocycles. The van der Waals surface area contributed by atoms with Gasteiger partial charge >= 0.3 is 6.09 Å². The Balaban J connectivity index is 1.94. The quantitative estimate of drug-likeness (QED) is 0.807. The number of carbonyl (C=O) groups is 2. The van der Waals surface area contributed by atoms with Crippen LogP contribution >= 0.6 is 0 Å². The summed E-state index contributed by atoms with van der Waals surface area (Å²) in [5.74, 6) is -0.164. The van der Waals surface area contributed by atoms with Crippen molar-refractivity contribution >= 4 is 12.0 Å². The number of nitrogens with one attached hydrogen (secondary N) is 2. The van der Waals surface area contributed by atoms with Gasteiger partial charge in [-0.25, -0.2) is 4.79 Å². The maximum absolute atomic E-state index is 12.3. The van der Waals surface area contributed by atoms with Crippen LogP contribution in [-0.4, -0.2) is 35.3 Å². The van der Waals surface area contributed by atoms with Crippen LogP contribution in [0.25, 0.3) is 11.3 Å². The maximum atomic E-state index is 12.3. The van der Waals surface area contributed by atoms with Crippen LogP contribution < -0.4 is 10.6 Å². The number of ether oxygens (including phenoxy) is 1. The monoisotopic (exact) mass is 373 g/mol. The van der Waals surface area contributed by atoms with Crippen molar-refractivity contribution in [2.45, 2.75) is 46.3 Å². The summed E-state index contributed by atoms with van der Waals surface area (Å²) in [4.78, 5) is 24.3. The molecule has 1 atom stereocenters. The minimum atomic E-state index is -0.581. The fraction of sp³-hybridized carbons (Fsp3) is 0.450. The standard InChI is InChI=1S/C20H27N3O4/c1-13(2)16(22-19(25)26-20(3,4)5)12-21-18(24)17-11-15(23-27-17)14-9-7-6-8-10-14/h6-11,13,16H,12H2,1-5H3,(H,21,24)(H,22,25). The van der Waals surface area contributed by atoms with Gasteiger partial charge in [0.15, 0.2) is 0 Å². The third-order valence-electron chi connectivity index (χ3n) is 3.79. The molecule has 0 aliphatic heterocycles. The third-order valence-corrected chi connectivity index (χ3v) is 3.79. The molecule has 1 heterocycles. The van der Waals surface area contributed by atoms with Gasteiger partial charge in [-0.1, -0.05) is 49.3 Å². The average Bonchev–Trinajstić information content (AvgIpc) is 3.07. The molecule has 146 valence electrons. The Morgan fingerprint density at radius 3 is 2.44 bits per heavy atom. The molecular weight excluding hydrogens is 346 g/mol. The Morgan fingerprint density at radius 1 is 1.19 bits per heavy atom. The van der Waals surface area contributed by atoms with Crippen LogP contribution in [0.5, 0.6) is 0 Å². The molecule has 7 nitrogen and oxygen atoms in total. The van der Waals surface area contributed by atoms with E-state index in [2.05, 4.69) is 15.8 Å². The summed E-state index contributed by atoms with van der Waals surface area (Å²) in [7, 11) is 0. The van der Waals surface area contributed by atoms with Crippen LogP contribution in [0.2, 0.25) is 0 Å². The van der Waals surface area contributed by atoms with Gasteiger partial charge < -0.3 is 19.9 Å². The highest BCUT2D eigenvalue weighted by Gasteiger charge is 2.23. The molecule has 2 aromatic rings. The van der Waals surface area contributed by atoms with E-state index >= 15 is 0 Å². The summed E-state index contributed by atoms with van der Waals surface area (Å²) in [6.07, 6.45) is -0.513. The van der Waals surface area contributed by atoms with Crippen LogP contribution in [0.3, 0.4) is 0 Å². The van der Waals surface area contributed by atoms with Crippen LogP contribution in [-0.2, 0) is 4.74 Å². The van der Waals surface area contributed by atoms with Gasteiger partial charge in [0.2, 0.25) is 5.76 Å². The first-order chi connectivity index (χ1) is 12.7. The molecule has 1 aromatic carbocycles. The van der Waals surface area contributed by atoms with Crippen molar-refractivity contribution in [2.75, 3.05) is 6.54 Å². The smallest absolute Gasteiger partial charge is 0.407 e. The lowest BCUT2D eigenvalue weighted by molar-refractivity contribution is 0.0487. The highest BCUT2D eigenvalue weighted by atomic mass is 16.6. The van der Waals surface area contributed by atoms with Crippen molar-refractivity contribution in [2.24, 2.45) is 5.92 Å². The first kappa shape index (κ1) is 20.5. The van der Waals surface area contributed by atoms with Gasteiger partial charge in [-0.3, -0.25) is 4.79 Å². The predicted octanol–water partition coefficient (Wildman–Crippen LogP) is 3.62. The number of aromatic nitrogens is 1. The lowest BCUT2D eigenvalue weighted by Crippen LogP contribution is -2.48. The fourth-order valence-corrected chi connectivity index (χ4v) is 2.33. The van der Waals surface area contributed by atoms with Gasteiger partial charge in [0.25, 0.3) is 5.91 Å². The van der Waals surface area contributed by atoms with Gasteiger partial charge in [0, 0.05) is 18.2 Å². The van der Waals surface area contributed by atoms with Crippen LogP contribution in [0, 0.1) is 5.92 Å². The van der Waals surface area contributed by atoms with Crippen molar-refractivity contribution < 1.29 is 18.8 Å². The number of nitrogens with zero attached hydrogens (tertiary/aromatic N) is 1. The molecule has 27 heavy (non-hydrogen) atoms. The first-order valence-electron chi connectivity index (χ1n) is 8.95. The van der Waals surface area contributed by atoms with Crippen molar-refractivity contribution in [3.8, 4) is 11.3 Å². The Hall–Kier alpha value is -2.83. The second-order valence-electron chi connectivity index (χ2n) is 7.65. The van der Waals surface area contributed by atoms with Gasteiger partial charge in [-0.15, -0.1) is 0 Å². The van der Waals surface area contributed by atoms with Gasteiger partial charge in [0.05, 0.1) is 6.04 Å². The van der Waals surface area contributed by atoms with E-state index in [0.29, 0.717) is 5.69 Å². The molecule has 1 unspecified atom stereocenters. The van der Waals surface area contributed by atoms with E-state index in [9.17, 15) is 9.59 Å². The summed E-state index contributed by atoms with van der Waals surface area (Å²) < 4.78 is 10.4. The second-order valence-corrected chi connectivity index (χ2v) is 7.65. The Bertz CT molecular complexity index is 763. The van der Waals surface area contributed by atoms with E-state index in [1.54, 1.807) is 26.8 Å². The van der Waals surface area contributed by atoms with E-state index in [-0.39, 0.29) is 30.2 Å². The number of benzene rings is 1. The molecular formula is C20H27N3O4. The predicted molar refractivity (Wildman–Crippen MR) is 102 cm³/mol. The van der Waals surface area contributed by atoms with Crippen LogP contribution in [0.15, 0.2) is 40.9 Å². The SMILES string of the molecule is CC(C)C(CNC(=O)c1cc(-c2ccccc2)no1)NC(=O)OC(C)(C)C. The molecule has 0 radical (unpaired) electrons. The normalized spacial score (nSPS) is 12.5. The number of hydrogen-bond donors (Lipinski definition) is 2. The number of alkyl carbamates (subject to hydrolysis) is 1. The van der Waals surface area contributed by atoms with Gasteiger partial charge in [0.1, 0.15) is 11.3 Å². The summed E-state index contributed by atoms with van der Waals surface area (Å²) in [5.41, 5.74) is 0.878. The molecule has 0 aliphatic rings. The number of rotatable bonds is 6. The third kappa shape index (κ3) is 6.44. The highest BCUT2D eigenvalue weighted by Crippen LogP contribution is 2.18. The van der Waals surface area contributed by atoms with Crippen molar-refractivity contribution in [1.82, 2.24) is 15.8 Å². The zero-order valence-corrected chi connectivity index (χ0v) is 16.4. The van der Waals surface area contributed by atoms with E-state index in [1.165, 1.54) is 0 Å². The minimum absolute atomic E-state index is 0.104. The number of hydrogen-bond acceptors (Lipinski definition) is 5. The van der Waals surface area contributed by atoms with Crippen molar-refractivity contribution in [3.05, 3.63) is 42.2 Å². The van der Waals surface area contributed by atoms with E-state index < -0.39 is 11.7 Å². The molecule has 0 bridgehead atoms. The van der Waals surface area contributed by atoms with Crippen molar-refractivity contribution in [3.63, 3.8) is 0 Å². The summed E-state index contributed by atoms with van der Waals surface area (Å²) >= 11 is 0. The van der Waals surface area contributed by atoms with E-state index in [4.69, 9.17) is 9.26 Å². The van der Waals surface area contributed by atoms with Crippen LogP contribution in [0.1, 0.15) is 45.2 Å². The molecule has 1 aromatic heterocycles. The van der Waals surface area contributed by atoms with Gasteiger partial charge in [-0.2, -0.15) is 0 Å². The first-order valence-corrected chi connectivity index (χ1v) is 8.95. The molecule has 2 amide bonds. The molecule has 0 fully saturated rings.